The SMILES string of the molecule is O=c1c(=O)n2c(nn1Cc1ccncc1)C1(CCN(Cc3cccnc3)C1)CC2. The van der Waals surface area contributed by atoms with Gasteiger partial charge in [-0.1, -0.05) is 6.07 Å². The van der Waals surface area contributed by atoms with E-state index in [1.165, 1.54) is 10.2 Å². The summed E-state index contributed by atoms with van der Waals surface area (Å²) in [4.78, 5) is 35.9. The zero-order valence-corrected chi connectivity index (χ0v) is 16.1. The maximum absolute atomic E-state index is 12.7. The number of rotatable bonds is 4. The molecular weight excluding hydrogens is 368 g/mol. The van der Waals surface area contributed by atoms with Crippen molar-refractivity contribution in [2.45, 2.75) is 37.9 Å². The fourth-order valence-corrected chi connectivity index (χ4v) is 4.57. The average molecular weight is 390 g/mol. The van der Waals surface area contributed by atoms with Crippen molar-refractivity contribution >= 4 is 0 Å². The van der Waals surface area contributed by atoms with Gasteiger partial charge in [0.25, 0.3) is 0 Å². The van der Waals surface area contributed by atoms with Crippen LogP contribution in [0.5, 0.6) is 0 Å². The highest BCUT2D eigenvalue weighted by molar-refractivity contribution is 5.19. The number of pyridine rings is 2. The minimum atomic E-state index is -0.562. The third kappa shape index (κ3) is 3.19. The van der Waals surface area contributed by atoms with Gasteiger partial charge in [0.05, 0.1) is 6.54 Å². The summed E-state index contributed by atoms with van der Waals surface area (Å²) < 4.78 is 2.92. The fourth-order valence-electron chi connectivity index (χ4n) is 4.57. The lowest BCUT2D eigenvalue weighted by atomic mass is 9.85. The smallest absolute Gasteiger partial charge is 0.298 e. The molecular formula is C21H22N6O2. The molecule has 1 saturated heterocycles. The molecule has 8 heteroatoms. The summed E-state index contributed by atoms with van der Waals surface area (Å²) in [6, 6.07) is 7.69. The van der Waals surface area contributed by atoms with E-state index >= 15 is 0 Å². The van der Waals surface area contributed by atoms with Crippen molar-refractivity contribution in [3.63, 3.8) is 0 Å². The Bertz CT molecular complexity index is 1140. The maximum atomic E-state index is 12.7. The largest absolute Gasteiger partial charge is 0.332 e. The number of hydrogen-bond donors (Lipinski definition) is 0. The summed E-state index contributed by atoms with van der Waals surface area (Å²) in [7, 11) is 0. The van der Waals surface area contributed by atoms with Gasteiger partial charge in [-0.25, -0.2) is 4.68 Å². The Morgan fingerprint density at radius 1 is 0.897 bits per heavy atom. The van der Waals surface area contributed by atoms with Gasteiger partial charge >= 0.3 is 11.1 Å². The number of nitrogens with zero attached hydrogens (tertiary/aromatic N) is 6. The number of hydrogen-bond acceptors (Lipinski definition) is 6. The minimum Gasteiger partial charge on any atom is -0.298 e. The number of fused-ring (bicyclic) bond motifs is 2. The van der Waals surface area contributed by atoms with Crippen molar-refractivity contribution in [3.8, 4) is 0 Å². The molecule has 29 heavy (non-hydrogen) atoms. The molecule has 0 N–H and O–H groups in total. The molecule has 1 unspecified atom stereocenters. The maximum Gasteiger partial charge on any atom is 0.332 e. The first-order chi connectivity index (χ1) is 14.1. The number of likely N-dealkylation sites (tertiary alicyclic amines) is 1. The van der Waals surface area contributed by atoms with Crippen LogP contribution in [0.25, 0.3) is 0 Å². The van der Waals surface area contributed by atoms with Gasteiger partial charge in [-0.05, 0) is 48.7 Å². The Hall–Kier alpha value is -3.13. The van der Waals surface area contributed by atoms with Gasteiger partial charge in [0, 0.05) is 49.8 Å². The van der Waals surface area contributed by atoms with Crippen molar-refractivity contribution < 1.29 is 0 Å². The predicted octanol–water partition coefficient (Wildman–Crippen LogP) is 0.791. The molecule has 1 spiro atoms. The zero-order valence-electron chi connectivity index (χ0n) is 16.1. The number of aromatic nitrogens is 5. The van der Waals surface area contributed by atoms with E-state index in [1.54, 1.807) is 23.2 Å². The lowest BCUT2D eigenvalue weighted by molar-refractivity contribution is 0.297. The molecule has 1 fully saturated rings. The predicted molar refractivity (Wildman–Crippen MR) is 107 cm³/mol. The summed E-state index contributed by atoms with van der Waals surface area (Å²) in [5.74, 6) is 0.754. The van der Waals surface area contributed by atoms with Crippen LogP contribution in [-0.4, -0.2) is 42.3 Å². The molecule has 148 valence electrons. The van der Waals surface area contributed by atoms with Crippen LogP contribution < -0.4 is 11.1 Å². The molecule has 2 aliphatic rings. The third-order valence-electron chi connectivity index (χ3n) is 6.07. The molecule has 0 aromatic carbocycles. The first-order valence-electron chi connectivity index (χ1n) is 9.87. The van der Waals surface area contributed by atoms with Crippen LogP contribution in [0.15, 0.2) is 58.6 Å². The zero-order chi connectivity index (χ0) is 19.8. The second-order valence-electron chi connectivity index (χ2n) is 7.95. The van der Waals surface area contributed by atoms with Gasteiger partial charge < -0.3 is 0 Å². The van der Waals surface area contributed by atoms with Crippen molar-refractivity contribution in [2.75, 3.05) is 13.1 Å². The van der Waals surface area contributed by atoms with Crippen molar-refractivity contribution in [3.05, 3.63) is 86.7 Å². The van der Waals surface area contributed by atoms with E-state index in [0.717, 1.165) is 43.9 Å². The van der Waals surface area contributed by atoms with Gasteiger partial charge in [0.2, 0.25) is 0 Å². The van der Waals surface area contributed by atoms with Gasteiger partial charge in [0.15, 0.2) is 0 Å². The average Bonchev–Trinajstić information content (AvgIpc) is 3.32. The molecule has 0 bridgehead atoms. The van der Waals surface area contributed by atoms with E-state index in [1.807, 2.05) is 24.4 Å². The highest BCUT2D eigenvalue weighted by Gasteiger charge is 2.47. The van der Waals surface area contributed by atoms with E-state index in [2.05, 4.69) is 20.9 Å². The monoisotopic (exact) mass is 390 g/mol. The highest BCUT2D eigenvalue weighted by atomic mass is 16.2. The molecule has 5 rings (SSSR count). The van der Waals surface area contributed by atoms with Crippen LogP contribution >= 0.6 is 0 Å². The van der Waals surface area contributed by atoms with Crippen LogP contribution in [0.4, 0.5) is 0 Å². The Morgan fingerprint density at radius 3 is 2.52 bits per heavy atom. The summed E-state index contributed by atoms with van der Waals surface area (Å²) in [5.41, 5.74) is 0.875. The third-order valence-corrected chi connectivity index (χ3v) is 6.07. The van der Waals surface area contributed by atoms with Gasteiger partial charge in [-0.3, -0.25) is 29.0 Å². The minimum absolute atomic E-state index is 0.172. The second kappa shape index (κ2) is 7.04. The van der Waals surface area contributed by atoms with E-state index in [4.69, 9.17) is 5.10 Å². The molecule has 3 aromatic rings. The normalized spacial score (nSPS) is 21.0. The van der Waals surface area contributed by atoms with Crippen LogP contribution in [0.3, 0.4) is 0 Å². The molecule has 0 aliphatic carbocycles. The first-order valence-corrected chi connectivity index (χ1v) is 9.87. The van der Waals surface area contributed by atoms with Crippen molar-refractivity contribution in [2.24, 2.45) is 0 Å². The van der Waals surface area contributed by atoms with E-state index in [0.29, 0.717) is 6.54 Å². The van der Waals surface area contributed by atoms with Crippen molar-refractivity contribution in [1.82, 2.24) is 29.2 Å². The summed E-state index contributed by atoms with van der Waals surface area (Å²) in [5, 5.41) is 4.69. The Labute approximate surface area is 167 Å². The van der Waals surface area contributed by atoms with Crippen LogP contribution in [-0.2, 0) is 25.0 Å². The van der Waals surface area contributed by atoms with E-state index in [9.17, 15) is 9.59 Å². The summed E-state index contributed by atoms with van der Waals surface area (Å²) in [6.07, 6.45) is 8.80. The summed E-state index contributed by atoms with van der Waals surface area (Å²) in [6.45, 7) is 3.44. The lowest BCUT2D eigenvalue weighted by Gasteiger charge is -2.23. The second-order valence-corrected chi connectivity index (χ2v) is 7.95. The molecule has 0 amide bonds. The molecule has 0 saturated carbocycles. The molecule has 8 nitrogen and oxygen atoms in total. The topological polar surface area (TPSA) is 85.9 Å². The quantitative estimate of drug-likeness (QED) is 0.613. The molecule has 3 aromatic heterocycles. The Morgan fingerprint density at radius 2 is 1.72 bits per heavy atom. The fraction of sp³-hybridized carbons (Fsp3) is 0.381. The molecule has 1 atom stereocenters. The van der Waals surface area contributed by atoms with Gasteiger partial charge in [0.1, 0.15) is 5.82 Å². The lowest BCUT2D eigenvalue weighted by Crippen LogP contribution is -2.45. The highest BCUT2D eigenvalue weighted by Crippen LogP contribution is 2.40. The first kappa shape index (κ1) is 17.9. The van der Waals surface area contributed by atoms with E-state index in [-0.39, 0.29) is 12.0 Å². The van der Waals surface area contributed by atoms with Crippen LogP contribution in [0.2, 0.25) is 0 Å². The molecule has 5 heterocycles. The van der Waals surface area contributed by atoms with Gasteiger partial charge in [-0.15, -0.1) is 0 Å². The van der Waals surface area contributed by atoms with Crippen LogP contribution in [0.1, 0.15) is 29.8 Å². The Balaban J connectivity index is 1.46. The van der Waals surface area contributed by atoms with Gasteiger partial charge in [-0.2, -0.15) is 5.10 Å². The molecule has 2 aliphatic heterocycles. The Kier molecular flexibility index (Phi) is 4.35. The van der Waals surface area contributed by atoms with Crippen LogP contribution in [0, 0.1) is 0 Å². The van der Waals surface area contributed by atoms with E-state index < -0.39 is 11.1 Å². The standard InChI is InChI=1S/C21H22N6O2/c28-18-19(29)27(14-16-3-8-22-9-4-16)24-20-21(6-11-26(18)20)5-10-25(15-21)13-17-2-1-7-23-12-17/h1-4,7-9,12H,5-6,10-11,13-15H2. The van der Waals surface area contributed by atoms with Crippen molar-refractivity contribution in [1.29, 1.82) is 0 Å². The molecule has 0 radical (unpaired) electrons. The summed E-state index contributed by atoms with van der Waals surface area (Å²) >= 11 is 0.